The Balaban J connectivity index is 1.73. The summed E-state index contributed by atoms with van der Waals surface area (Å²) in [6.07, 6.45) is 2.58. The Morgan fingerprint density at radius 2 is 2.00 bits per heavy atom. The molecule has 0 aromatic heterocycles. The van der Waals surface area contributed by atoms with Crippen LogP contribution in [-0.4, -0.2) is 30.6 Å². The fourth-order valence-electron chi connectivity index (χ4n) is 2.92. The van der Waals surface area contributed by atoms with Crippen LogP contribution in [-0.2, 0) is 0 Å². The van der Waals surface area contributed by atoms with E-state index in [1.165, 1.54) is 32.5 Å². The van der Waals surface area contributed by atoms with Crippen molar-refractivity contribution in [3.8, 4) is 0 Å². The van der Waals surface area contributed by atoms with Gasteiger partial charge in [0.05, 0.1) is 10.7 Å². The van der Waals surface area contributed by atoms with E-state index in [2.05, 4.69) is 16.3 Å². The van der Waals surface area contributed by atoms with E-state index in [1.54, 1.807) is 0 Å². The fraction of sp³-hybridized carbons (Fsp3) is 0.538. The largest absolute Gasteiger partial charge is 0.381 e. The van der Waals surface area contributed by atoms with Crippen molar-refractivity contribution in [2.75, 3.05) is 25.0 Å². The normalized spacial score (nSPS) is 32.7. The SMILES string of the molecule is Clc1ccccc1NC1CCN2CCC1C2. The number of para-hydroxylation sites is 1. The summed E-state index contributed by atoms with van der Waals surface area (Å²) < 4.78 is 0. The molecule has 2 bridgehead atoms. The molecule has 3 heteroatoms. The number of fused-ring (bicyclic) bond motifs is 2. The molecular weight excluding hydrogens is 220 g/mol. The maximum Gasteiger partial charge on any atom is 0.0637 e. The van der Waals surface area contributed by atoms with Crippen LogP contribution in [0.5, 0.6) is 0 Å². The second kappa shape index (κ2) is 4.27. The lowest BCUT2D eigenvalue weighted by Crippen LogP contribution is -2.39. The van der Waals surface area contributed by atoms with Gasteiger partial charge < -0.3 is 10.2 Å². The summed E-state index contributed by atoms with van der Waals surface area (Å²) >= 11 is 6.17. The van der Waals surface area contributed by atoms with Gasteiger partial charge in [0.2, 0.25) is 0 Å². The number of nitrogens with one attached hydrogen (secondary N) is 1. The van der Waals surface area contributed by atoms with Gasteiger partial charge in [-0.05, 0) is 37.4 Å². The Kier molecular flexibility index (Phi) is 2.78. The van der Waals surface area contributed by atoms with Gasteiger partial charge in [-0.25, -0.2) is 0 Å². The third kappa shape index (κ3) is 1.92. The summed E-state index contributed by atoms with van der Waals surface area (Å²) in [7, 11) is 0. The second-order valence-electron chi connectivity index (χ2n) is 4.87. The molecular formula is C13H17ClN2. The van der Waals surface area contributed by atoms with Gasteiger partial charge in [0.25, 0.3) is 0 Å². The van der Waals surface area contributed by atoms with Crippen molar-refractivity contribution in [3.63, 3.8) is 0 Å². The number of halogens is 1. The van der Waals surface area contributed by atoms with E-state index < -0.39 is 0 Å². The Bertz CT molecular complexity index is 380. The average molecular weight is 237 g/mol. The Labute approximate surface area is 102 Å². The van der Waals surface area contributed by atoms with Crippen molar-refractivity contribution < 1.29 is 0 Å². The third-order valence-corrected chi connectivity index (χ3v) is 4.18. The third-order valence-electron chi connectivity index (χ3n) is 3.85. The van der Waals surface area contributed by atoms with Crippen molar-refractivity contribution in [2.24, 2.45) is 5.92 Å². The minimum absolute atomic E-state index is 0.610. The van der Waals surface area contributed by atoms with Crippen LogP contribution in [0.4, 0.5) is 5.69 Å². The van der Waals surface area contributed by atoms with E-state index in [1.807, 2.05) is 18.2 Å². The molecule has 2 saturated heterocycles. The standard InChI is InChI=1S/C13H17ClN2/c14-11-3-1-2-4-13(11)15-12-6-8-16-7-5-10(12)9-16/h1-4,10,12,15H,5-9H2. The quantitative estimate of drug-likeness (QED) is 0.850. The summed E-state index contributed by atoms with van der Waals surface area (Å²) in [4.78, 5) is 2.56. The summed E-state index contributed by atoms with van der Waals surface area (Å²) in [6, 6.07) is 8.65. The lowest BCUT2D eigenvalue weighted by molar-refractivity contribution is 0.255. The van der Waals surface area contributed by atoms with E-state index in [9.17, 15) is 0 Å². The maximum absolute atomic E-state index is 6.17. The highest BCUT2D eigenvalue weighted by molar-refractivity contribution is 6.33. The average Bonchev–Trinajstić information content (AvgIpc) is 2.68. The minimum atomic E-state index is 0.610. The predicted molar refractivity (Wildman–Crippen MR) is 68.0 cm³/mol. The highest BCUT2D eigenvalue weighted by atomic mass is 35.5. The summed E-state index contributed by atoms with van der Waals surface area (Å²) in [5.74, 6) is 0.810. The molecule has 0 saturated carbocycles. The van der Waals surface area contributed by atoms with Gasteiger partial charge in [-0.2, -0.15) is 0 Å². The zero-order valence-electron chi connectivity index (χ0n) is 9.32. The molecule has 16 heavy (non-hydrogen) atoms. The lowest BCUT2D eigenvalue weighted by atomic mass is 9.94. The lowest BCUT2D eigenvalue weighted by Gasteiger charge is -2.31. The summed E-state index contributed by atoms with van der Waals surface area (Å²) in [6.45, 7) is 3.78. The zero-order chi connectivity index (χ0) is 11.0. The van der Waals surface area contributed by atoms with Crippen LogP contribution in [0.1, 0.15) is 12.8 Å². The molecule has 1 aromatic carbocycles. The van der Waals surface area contributed by atoms with E-state index in [-0.39, 0.29) is 0 Å². The minimum Gasteiger partial charge on any atom is -0.381 e. The molecule has 2 heterocycles. The van der Waals surface area contributed by atoms with Crippen molar-refractivity contribution in [2.45, 2.75) is 18.9 Å². The van der Waals surface area contributed by atoms with Crippen LogP contribution in [0, 0.1) is 5.92 Å². The molecule has 2 aliphatic heterocycles. The van der Waals surface area contributed by atoms with Crippen LogP contribution in [0.3, 0.4) is 0 Å². The number of hydrogen-bond donors (Lipinski definition) is 1. The van der Waals surface area contributed by atoms with E-state index >= 15 is 0 Å². The van der Waals surface area contributed by atoms with Gasteiger partial charge in [0.1, 0.15) is 0 Å². The predicted octanol–water partition coefficient (Wildman–Crippen LogP) is 2.85. The smallest absolute Gasteiger partial charge is 0.0637 e. The first kappa shape index (κ1) is 10.4. The fourth-order valence-corrected chi connectivity index (χ4v) is 3.11. The van der Waals surface area contributed by atoms with Gasteiger partial charge in [-0.15, -0.1) is 0 Å². The molecule has 3 rings (SSSR count). The van der Waals surface area contributed by atoms with Gasteiger partial charge in [-0.1, -0.05) is 23.7 Å². The maximum atomic E-state index is 6.17. The highest BCUT2D eigenvalue weighted by Crippen LogP contribution is 2.31. The number of hydrogen-bond acceptors (Lipinski definition) is 2. The van der Waals surface area contributed by atoms with Crippen LogP contribution in [0.25, 0.3) is 0 Å². The van der Waals surface area contributed by atoms with Crippen LogP contribution in [0.15, 0.2) is 24.3 Å². The second-order valence-corrected chi connectivity index (χ2v) is 5.28. The molecule has 2 aliphatic rings. The molecule has 0 spiro atoms. The molecule has 3 unspecified atom stereocenters. The van der Waals surface area contributed by atoms with Gasteiger partial charge in [0, 0.05) is 19.1 Å². The van der Waals surface area contributed by atoms with Gasteiger partial charge in [-0.3, -0.25) is 0 Å². The topological polar surface area (TPSA) is 15.3 Å². The van der Waals surface area contributed by atoms with E-state index in [0.717, 1.165) is 16.6 Å². The van der Waals surface area contributed by atoms with Crippen LogP contribution >= 0.6 is 11.6 Å². The van der Waals surface area contributed by atoms with Crippen molar-refractivity contribution in [1.82, 2.24) is 4.90 Å². The van der Waals surface area contributed by atoms with E-state index in [0.29, 0.717) is 6.04 Å². The zero-order valence-corrected chi connectivity index (χ0v) is 10.1. The number of anilines is 1. The highest BCUT2D eigenvalue weighted by Gasteiger charge is 2.34. The van der Waals surface area contributed by atoms with Crippen molar-refractivity contribution in [3.05, 3.63) is 29.3 Å². The molecule has 0 radical (unpaired) electrons. The first-order valence-corrected chi connectivity index (χ1v) is 6.44. The molecule has 1 N–H and O–H groups in total. The Hall–Kier alpha value is -0.730. The Morgan fingerprint density at radius 1 is 1.19 bits per heavy atom. The van der Waals surface area contributed by atoms with Crippen molar-refractivity contribution in [1.29, 1.82) is 0 Å². The molecule has 1 aromatic rings. The molecule has 3 atom stereocenters. The van der Waals surface area contributed by atoms with Gasteiger partial charge in [0.15, 0.2) is 0 Å². The Morgan fingerprint density at radius 3 is 2.88 bits per heavy atom. The monoisotopic (exact) mass is 236 g/mol. The summed E-state index contributed by atoms with van der Waals surface area (Å²) in [5.41, 5.74) is 1.09. The molecule has 86 valence electrons. The molecule has 0 amide bonds. The van der Waals surface area contributed by atoms with Crippen molar-refractivity contribution >= 4 is 17.3 Å². The van der Waals surface area contributed by atoms with Crippen LogP contribution in [0.2, 0.25) is 5.02 Å². The first-order chi connectivity index (χ1) is 7.83. The van der Waals surface area contributed by atoms with E-state index in [4.69, 9.17) is 11.6 Å². The number of rotatable bonds is 2. The molecule has 0 aliphatic carbocycles. The number of piperidine rings is 1. The summed E-state index contributed by atoms with van der Waals surface area (Å²) in [5, 5.41) is 4.45. The molecule has 2 fully saturated rings. The number of benzene rings is 1. The molecule has 2 nitrogen and oxygen atoms in total. The van der Waals surface area contributed by atoms with Crippen LogP contribution < -0.4 is 5.32 Å². The number of nitrogens with zero attached hydrogens (tertiary/aromatic N) is 1. The first-order valence-electron chi connectivity index (χ1n) is 6.06. The van der Waals surface area contributed by atoms with Gasteiger partial charge >= 0.3 is 0 Å².